The highest BCUT2D eigenvalue weighted by molar-refractivity contribution is 7.10. The fourth-order valence-electron chi connectivity index (χ4n) is 4.51. The molecule has 0 bridgehead atoms. The number of anilines is 1. The lowest BCUT2D eigenvalue weighted by Gasteiger charge is -2.42. The molecule has 0 spiro atoms. The molecule has 0 saturated carbocycles. The molecule has 2 atom stereocenters. The standard InChI is InChI=1S/C26H30FN3O2S/c1-19(28-25(31)18-20-9-11-21(27)12-10-20)26(24-8-5-17-33-24)30-15-13-29(14-16-30)22-6-3-4-7-23(22)32-2/h3-12,17,19,26H,13-16,18H2,1-2H3,(H,28,31)/t19-,26-/m1/s1. The number of hydrogen-bond acceptors (Lipinski definition) is 5. The third kappa shape index (κ3) is 5.72. The molecule has 174 valence electrons. The van der Waals surface area contributed by atoms with Gasteiger partial charge in [-0.05, 0) is 48.2 Å². The van der Waals surface area contributed by atoms with Crippen molar-refractivity contribution in [3.05, 3.63) is 82.3 Å². The average molecular weight is 468 g/mol. The molecule has 1 aromatic heterocycles. The van der Waals surface area contributed by atoms with Gasteiger partial charge in [-0.2, -0.15) is 0 Å². The smallest absolute Gasteiger partial charge is 0.224 e. The Kier molecular flexibility index (Phi) is 7.62. The van der Waals surface area contributed by atoms with E-state index in [1.54, 1.807) is 30.6 Å². The van der Waals surface area contributed by atoms with Crippen LogP contribution in [0, 0.1) is 5.82 Å². The molecule has 1 saturated heterocycles. The van der Waals surface area contributed by atoms with Crippen LogP contribution < -0.4 is 15.0 Å². The Balaban J connectivity index is 1.42. The summed E-state index contributed by atoms with van der Waals surface area (Å²) in [6.45, 7) is 5.62. The molecule has 1 N–H and O–H groups in total. The van der Waals surface area contributed by atoms with Gasteiger partial charge in [0.2, 0.25) is 5.91 Å². The van der Waals surface area contributed by atoms with Gasteiger partial charge in [0.1, 0.15) is 11.6 Å². The fourth-order valence-corrected chi connectivity index (χ4v) is 5.47. The molecule has 5 nitrogen and oxygen atoms in total. The van der Waals surface area contributed by atoms with E-state index in [1.165, 1.54) is 17.0 Å². The van der Waals surface area contributed by atoms with Gasteiger partial charge in [-0.25, -0.2) is 4.39 Å². The number of methoxy groups -OCH3 is 1. The lowest BCUT2D eigenvalue weighted by molar-refractivity contribution is -0.121. The molecule has 0 aliphatic carbocycles. The highest BCUT2D eigenvalue weighted by Crippen LogP contribution is 2.32. The molecule has 3 aromatic rings. The van der Waals surface area contributed by atoms with E-state index in [2.05, 4.69) is 45.6 Å². The number of nitrogens with one attached hydrogen (secondary N) is 1. The van der Waals surface area contributed by atoms with E-state index >= 15 is 0 Å². The van der Waals surface area contributed by atoms with E-state index in [9.17, 15) is 9.18 Å². The van der Waals surface area contributed by atoms with Gasteiger partial charge in [0.05, 0.1) is 25.3 Å². The normalized spacial score (nSPS) is 16.3. The van der Waals surface area contributed by atoms with E-state index in [0.29, 0.717) is 0 Å². The molecule has 33 heavy (non-hydrogen) atoms. The molecule has 4 rings (SSSR count). The maximum absolute atomic E-state index is 13.2. The summed E-state index contributed by atoms with van der Waals surface area (Å²) in [5, 5.41) is 5.27. The molecule has 1 aliphatic heterocycles. The number of para-hydroxylation sites is 2. The minimum Gasteiger partial charge on any atom is -0.495 e. The molecule has 1 amide bonds. The molecule has 0 radical (unpaired) electrons. The number of ether oxygens (including phenoxy) is 1. The second-order valence-corrected chi connectivity index (χ2v) is 9.29. The fraction of sp³-hybridized carbons (Fsp3) is 0.346. The number of halogens is 1. The van der Waals surface area contributed by atoms with Gasteiger partial charge in [-0.1, -0.05) is 30.3 Å². The Bertz CT molecular complexity index is 1030. The van der Waals surface area contributed by atoms with Crippen LogP contribution in [0.15, 0.2) is 66.0 Å². The van der Waals surface area contributed by atoms with Gasteiger partial charge in [0, 0.05) is 37.1 Å². The summed E-state index contributed by atoms with van der Waals surface area (Å²) in [6, 6.07) is 18.5. The molecular weight excluding hydrogens is 437 g/mol. The van der Waals surface area contributed by atoms with Crippen molar-refractivity contribution in [3.63, 3.8) is 0 Å². The Morgan fingerprint density at radius 2 is 1.79 bits per heavy atom. The molecule has 0 unspecified atom stereocenters. The van der Waals surface area contributed by atoms with Crippen LogP contribution >= 0.6 is 11.3 Å². The van der Waals surface area contributed by atoms with Crippen LogP contribution in [0.5, 0.6) is 5.75 Å². The monoisotopic (exact) mass is 467 g/mol. The molecule has 7 heteroatoms. The second kappa shape index (κ2) is 10.8. The molecule has 1 aliphatic rings. The van der Waals surface area contributed by atoms with Crippen LogP contribution in [-0.2, 0) is 11.2 Å². The van der Waals surface area contributed by atoms with Crippen molar-refractivity contribution in [2.24, 2.45) is 0 Å². The lowest BCUT2D eigenvalue weighted by atomic mass is 10.0. The number of piperazine rings is 1. The summed E-state index contributed by atoms with van der Waals surface area (Å²) in [6.07, 6.45) is 0.239. The number of benzene rings is 2. The van der Waals surface area contributed by atoms with Crippen LogP contribution in [0.3, 0.4) is 0 Å². The number of rotatable bonds is 8. The van der Waals surface area contributed by atoms with E-state index in [4.69, 9.17) is 4.74 Å². The number of carbonyl (C=O) groups excluding carboxylic acids is 1. The van der Waals surface area contributed by atoms with Gasteiger partial charge in [0.25, 0.3) is 0 Å². The maximum atomic E-state index is 13.2. The van der Waals surface area contributed by atoms with Gasteiger partial charge in [0.15, 0.2) is 0 Å². The zero-order valence-electron chi connectivity index (χ0n) is 19.0. The van der Waals surface area contributed by atoms with E-state index in [0.717, 1.165) is 43.2 Å². The number of nitrogens with zero attached hydrogens (tertiary/aromatic N) is 2. The summed E-state index contributed by atoms with van der Waals surface area (Å²) in [5.41, 5.74) is 1.92. The first-order valence-electron chi connectivity index (χ1n) is 11.2. The number of carbonyl (C=O) groups is 1. The largest absolute Gasteiger partial charge is 0.495 e. The maximum Gasteiger partial charge on any atom is 0.224 e. The van der Waals surface area contributed by atoms with Crippen LogP contribution in [0.25, 0.3) is 0 Å². The van der Waals surface area contributed by atoms with Crippen molar-refractivity contribution in [2.75, 3.05) is 38.2 Å². The summed E-state index contributed by atoms with van der Waals surface area (Å²) in [7, 11) is 1.71. The zero-order valence-corrected chi connectivity index (χ0v) is 19.9. The van der Waals surface area contributed by atoms with Crippen molar-refractivity contribution in [2.45, 2.75) is 25.4 Å². The van der Waals surface area contributed by atoms with Gasteiger partial charge in [-0.15, -0.1) is 11.3 Å². The lowest BCUT2D eigenvalue weighted by Crippen LogP contribution is -2.52. The Morgan fingerprint density at radius 3 is 2.45 bits per heavy atom. The summed E-state index contributed by atoms with van der Waals surface area (Å²) < 4.78 is 18.7. The van der Waals surface area contributed by atoms with E-state index in [1.807, 2.05) is 18.2 Å². The highest BCUT2D eigenvalue weighted by Gasteiger charge is 2.31. The van der Waals surface area contributed by atoms with Crippen LogP contribution in [0.1, 0.15) is 23.4 Å². The van der Waals surface area contributed by atoms with Gasteiger partial charge >= 0.3 is 0 Å². The van der Waals surface area contributed by atoms with Crippen molar-refractivity contribution in [1.29, 1.82) is 0 Å². The summed E-state index contributed by atoms with van der Waals surface area (Å²) >= 11 is 1.72. The van der Waals surface area contributed by atoms with Gasteiger partial charge < -0.3 is 15.0 Å². The minimum absolute atomic E-state index is 0.0525. The van der Waals surface area contributed by atoms with Crippen molar-refractivity contribution >= 4 is 22.9 Å². The van der Waals surface area contributed by atoms with E-state index < -0.39 is 0 Å². The van der Waals surface area contributed by atoms with Crippen LogP contribution in [0.4, 0.5) is 10.1 Å². The summed E-state index contributed by atoms with van der Waals surface area (Å²) in [5.74, 6) is 0.544. The Hall–Kier alpha value is -2.90. The first kappa shape index (κ1) is 23.3. The van der Waals surface area contributed by atoms with Crippen molar-refractivity contribution in [1.82, 2.24) is 10.2 Å². The Morgan fingerprint density at radius 1 is 1.06 bits per heavy atom. The predicted molar refractivity (Wildman–Crippen MR) is 132 cm³/mol. The number of amides is 1. The average Bonchev–Trinajstić information content (AvgIpc) is 3.35. The minimum atomic E-state index is -0.294. The van der Waals surface area contributed by atoms with Crippen LogP contribution in [0.2, 0.25) is 0 Å². The number of hydrogen-bond donors (Lipinski definition) is 1. The Labute approximate surface area is 198 Å². The molecule has 1 fully saturated rings. The first-order valence-corrected chi connectivity index (χ1v) is 12.1. The SMILES string of the molecule is COc1ccccc1N1CCN([C@@H](c2cccs2)[C@@H](C)NC(=O)Cc2ccc(F)cc2)CC1. The molecular formula is C26H30FN3O2S. The third-order valence-corrected chi connectivity index (χ3v) is 7.05. The summed E-state index contributed by atoms with van der Waals surface area (Å²) in [4.78, 5) is 18.8. The van der Waals surface area contributed by atoms with Crippen molar-refractivity contribution < 1.29 is 13.9 Å². The third-order valence-electron chi connectivity index (χ3n) is 6.11. The van der Waals surface area contributed by atoms with E-state index in [-0.39, 0.29) is 30.2 Å². The van der Waals surface area contributed by atoms with Crippen molar-refractivity contribution in [3.8, 4) is 5.75 Å². The zero-order chi connectivity index (χ0) is 23.2. The number of thiophene rings is 1. The van der Waals surface area contributed by atoms with Gasteiger partial charge in [-0.3, -0.25) is 9.69 Å². The highest BCUT2D eigenvalue weighted by atomic mass is 32.1. The first-order chi connectivity index (χ1) is 16.0. The quantitative estimate of drug-likeness (QED) is 0.530. The van der Waals surface area contributed by atoms with Crippen LogP contribution in [-0.4, -0.2) is 50.1 Å². The topological polar surface area (TPSA) is 44.8 Å². The second-order valence-electron chi connectivity index (χ2n) is 8.31. The molecule has 2 heterocycles. The molecule has 2 aromatic carbocycles. The predicted octanol–water partition coefficient (Wildman–Crippen LogP) is 4.51.